The van der Waals surface area contributed by atoms with Gasteiger partial charge in [-0.05, 0) is 54.1 Å². The van der Waals surface area contributed by atoms with E-state index in [0.717, 1.165) is 58.4 Å². The summed E-state index contributed by atoms with van der Waals surface area (Å²) < 4.78 is 11.9. The highest BCUT2D eigenvalue weighted by atomic mass is 32.1. The Bertz CT molecular complexity index is 1110. The first-order valence-electron chi connectivity index (χ1n) is 12.9. The number of anilines is 1. The van der Waals surface area contributed by atoms with Gasteiger partial charge in [-0.1, -0.05) is 30.3 Å². The molecule has 3 aromatic rings. The Balaban J connectivity index is 1.11. The highest BCUT2D eigenvalue weighted by molar-refractivity contribution is 7.14. The third kappa shape index (κ3) is 6.20. The third-order valence-electron chi connectivity index (χ3n) is 7.15. The van der Waals surface area contributed by atoms with Crippen LogP contribution in [0.5, 0.6) is 11.5 Å². The molecule has 36 heavy (non-hydrogen) atoms. The monoisotopic (exact) mass is 505 g/mol. The maximum atomic E-state index is 13.0. The van der Waals surface area contributed by atoms with Crippen molar-refractivity contribution < 1.29 is 14.3 Å². The summed E-state index contributed by atoms with van der Waals surface area (Å²) in [6, 6.07) is 20.5. The van der Waals surface area contributed by atoms with Crippen LogP contribution in [-0.2, 0) is 6.54 Å². The summed E-state index contributed by atoms with van der Waals surface area (Å²) in [5.41, 5.74) is 1.95. The van der Waals surface area contributed by atoms with E-state index < -0.39 is 0 Å². The van der Waals surface area contributed by atoms with Crippen LogP contribution in [0.4, 0.5) is 5.00 Å². The van der Waals surface area contributed by atoms with E-state index >= 15 is 0 Å². The van der Waals surface area contributed by atoms with Gasteiger partial charge in [0.2, 0.25) is 0 Å². The Morgan fingerprint density at radius 1 is 0.944 bits per heavy atom. The van der Waals surface area contributed by atoms with Crippen LogP contribution in [0.15, 0.2) is 66.0 Å². The predicted octanol–water partition coefficient (Wildman–Crippen LogP) is 5.20. The minimum absolute atomic E-state index is 0.0504. The Morgan fingerprint density at radius 3 is 2.42 bits per heavy atom. The fourth-order valence-electron chi connectivity index (χ4n) is 5.08. The van der Waals surface area contributed by atoms with Crippen molar-refractivity contribution in [3.63, 3.8) is 0 Å². The molecule has 7 heteroatoms. The van der Waals surface area contributed by atoms with Crippen LogP contribution in [0.2, 0.25) is 0 Å². The number of nitrogens with one attached hydrogen (secondary N) is 1. The van der Waals surface area contributed by atoms with Gasteiger partial charge in [0.05, 0.1) is 12.1 Å². The molecule has 0 saturated carbocycles. The molecule has 1 aromatic heterocycles. The average Bonchev–Trinajstić information content (AvgIpc) is 3.46. The molecule has 6 nitrogen and oxygen atoms in total. The van der Waals surface area contributed by atoms with Gasteiger partial charge in [-0.2, -0.15) is 0 Å². The van der Waals surface area contributed by atoms with E-state index in [9.17, 15) is 4.79 Å². The molecule has 2 aromatic carbocycles. The number of piperidine rings is 2. The SMILES string of the molecule is COc1cc(C(=O)NC2CCN(Cc3ccccc3)CC2)ccc1OC1CCN(c2cccs2)CC1. The highest BCUT2D eigenvalue weighted by Gasteiger charge is 2.24. The van der Waals surface area contributed by atoms with Crippen LogP contribution >= 0.6 is 11.3 Å². The molecule has 0 radical (unpaired) electrons. The number of ether oxygens (including phenoxy) is 2. The topological polar surface area (TPSA) is 54.0 Å². The van der Waals surface area contributed by atoms with Gasteiger partial charge in [-0.3, -0.25) is 9.69 Å². The van der Waals surface area contributed by atoms with Gasteiger partial charge < -0.3 is 19.7 Å². The van der Waals surface area contributed by atoms with E-state index in [1.807, 2.05) is 12.1 Å². The van der Waals surface area contributed by atoms with Crippen molar-refractivity contribution in [3.05, 3.63) is 77.2 Å². The van der Waals surface area contributed by atoms with Crippen LogP contribution in [0.25, 0.3) is 0 Å². The van der Waals surface area contributed by atoms with Crippen LogP contribution in [0.1, 0.15) is 41.6 Å². The Hall–Kier alpha value is -3.03. The van der Waals surface area contributed by atoms with Crippen LogP contribution in [0.3, 0.4) is 0 Å². The summed E-state index contributed by atoms with van der Waals surface area (Å²) in [6.07, 6.45) is 4.00. The Kier molecular flexibility index (Phi) is 8.08. The second-order valence-corrected chi connectivity index (χ2v) is 10.6. The molecule has 2 saturated heterocycles. The zero-order chi connectivity index (χ0) is 24.7. The first-order valence-corrected chi connectivity index (χ1v) is 13.8. The summed E-state index contributed by atoms with van der Waals surface area (Å²) in [5.74, 6) is 1.27. The van der Waals surface area contributed by atoms with Gasteiger partial charge >= 0.3 is 0 Å². The van der Waals surface area contributed by atoms with E-state index in [2.05, 4.69) is 63.0 Å². The number of methoxy groups -OCH3 is 1. The molecule has 190 valence electrons. The quantitative estimate of drug-likeness (QED) is 0.456. The van der Waals surface area contributed by atoms with Crippen molar-refractivity contribution in [1.29, 1.82) is 0 Å². The minimum atomic E-state index is -0.0504. The van der Waals surface area contributed by atoms with E-state index in [1.165, 1.54) is 10.6 Å². The highest BCUT2D eigenvalue weighted by Crippen LogP contribution is 2.32. The molecule has 0 bridgehead atoms. The van der Waals surface area contributed by atoms with E-state index in [-0.39, 0.29) is 18.1 Å². The Morgan fingerprint density at radius 2 is 1.72 bits per heavy atom. The average molecular weight is 506 g/mol. The van der Waals surface area contributed by atoms with E-state index in [4.69, 9.17) is 9.47 Å². The van der Waals surface area contributed by atoms with Gasteiger partial charge in [-0.15, -0.1) is 11.3 Å². The Labute approximate surface area is 217 Å². The number of carbonyl (C=O) groups is 1. The summed E-state index contributed by atoms with van der Waals surface area (Å²) in [7, 11) is 1.63. The molecule has 0 atom stereocenters. The number of benzene rings is 2. The summed E-state index contributed by atoms with van der Waals surface area (Å²) in [4.78, 5) is 17.9. The van der Waals surface area contributed by atoms with Crippen LogP contribution in [0, 0.1) is 0 Å². The molecule has 2 fully saturated rings. The lowest BCUT2D eigenvalue weighted by atomic mass is 10.0. The number of hydrogen-bond donors (Lipinski definition) is 1. The minimum Gasteiger partial charge on any atom is -0.493 e. The first-order chi connectivity index (χ1) is 17.7. The maximum Gasteiger partial charge on any atom is 0.251 e. The standard InChI is InChI=1S/C29H35N3O3S/c1-34-27-20-23(9-10-26(27)35-25-13-17-32(18-14-25)28-8-5-19-36-28)29(33)30-24-11-15-31(16-12-24)21-22-6-3-2-4-7-22/h2-10,19-20,24-25H,11-18,21H2,1H3,(H,30,33). The van der Waals surface area contributed by atoms with E-state index in [1.54, 1.807) is 24.5 Å². The molecular formula is C29H35N3O3S. The van der Waals surface area contributed by atoms with Gasteiger partial charge in [-0.25, -0.2) is 0 Å². The molecular weight excluding hydrogens is 470 g/mol. The van der Waals surface area contributed by atoms with E-state index in [0.29, 0.717) is 17.1 Å². The van der Waals surface area contributed by atoms with Crippen molar-refractivity contribution in [1.82, 2.24) is 10.2 Å². The molecule has 2 aliphatic rings. The molecule has 1 amide bonds. The maximum absolute atomic E-state index is 13.0. The normalized spacial score (nSPS) is 17.6. The number of carbonyl (C=O) groups excluding carboxylic acids is 1. The van der Waals surface area contributed by atoms with Crippen molar-refractivity contribution in [2.75, 3.05) is 38.2 Å². The predicted molar refractivity (Wildman–Crippen MR) is 145 cm³/mol. The fraction of sp³-hybridized carbons (Fsp3) is 0.414. The zero-order valence-corrected chi connectivity index (χ0v) is 21.7. The lowest BCUT2D eigenvalue weighted by Gasteiger charge is -2.33. The number of thiophene rings is 1. The van der Waals surface area contributed by atoms with Gasteiger partial charge in [0.25, 0.3) is 5.91 Å². The molecule has 1 N–H and O–H groups in total. The second kappa shape index (κ2) is 11.8. The summed E-state index contributed by atoms with van der Waals surface area (Å²) in [6.45, 7) is 4.91. The van der Waals surface area contributed by atoms with Crippen molar-refractivity contribution >= 4 is 22.2 Å². The number of hydrogen-bond acceptors (Lipinski definition) is 6. The molecule has 5 rings (SSSR count). The van der Waals surface area contributed by atoms with Crippen molar-refractivity contribution in [2.45, 2.75) is 44.4 Å². The number of nitrogens with zero attached hydrogens (tertiary/aromatic N) is 2. The van der Waals surface area contributed by atoms with Crippen molar-refractivity contribution in [2.24, 2.45) is 0 Å². The summed E-state index contributed by atoms with van der Waals surface area (Å²) >= 11 is 1.78. The number of rotatable bonds is 8. The molecule has 3 heterocycles. The fourth-order valence-corrected chi connectivity index (χ4v) is 5.86. The van der Waals surface area contributed by atoms with Gasteiger partial charge in [0.1, 0.15) is 6.10 Å². The smallest absolute Gasteiger partial charge is 0.251 e. The molecule has 0 aliphatic carbocycles. The second-order valence-electron chi connectivity index (χ2n) is 9.63. The summed E-state index contributed by atoms with van der Waals surface area (Å²) in [5, 5.41) is 6.67. The number of likely N-dealkylation sites (tertiary alicyclic amines) is 1. The van der Waals surface area contributed by atoms with Gasteiger partial charge in [0.15, 0.2) is 11.5 Å². The lowest BCUT2D eigenvalue weighted by molar-refractivity contribution is 0.0908. The first kappa shape index (κ1) is 24.7. The van der Waals surface area contributed by atoms with Gasteiger partial charge in [0, 0.05) is 57.2 Å². The van der Waals surface area contributed by atoms with Crippen LogP contribution < -0.4 is 19.7 Å². The van der Waals surface area contributed by atoms with Crippen LogP contribution in [-0.4, -0.2) is 56.2 Å². The molecule has 0 unspecified atom stereocenters. The largest absolute Gasteiger partial charge is 0.493 e. The third-order valence-corrected chi connectivity index (χ3v) is 8.08. The zero-order valence-electron chi connectivity index (χ0n) is 20.9. The van der Waals surface area contributed by atoms with Crippen molar-refractivity contribution in [3.8, 4) is 11.5 Å². The lowest BCUT2D eigenvalue weighted by Crippen LogP contribution is -2.44. The molecule has 0 spiro atoms. The molecule has 2 aliphatic heterocycles. The number of amides is 1.